The van der Waals surface area contributed by atoms with E-state index in [1.54, 1.807) is 0 Å². The third-order valence-electron chi connectivity index (χ3n) is 4.84. The van der Waals surface area contributed by atoms with Crippen molar-refractivity contribution in [3.63, 3.8) is 0 Å². The lowest BCUT2D eigenvalue weighted by molar-refractivity contribution is -0.0921. The van der Waals surface area contributed by atoms with Gasteiger partial charge in [0, 0.05) is 6.42 Å². The Morgan fingerprint density at radius 3 is 1.52 bits per heavy atom. The number of aliphatic hydroxyl groups excluding tert-OH is 1. The molecule has 1 unspecified atom stereocenters. The quantitative estimate of drug-likeness (QED) is 0.221. The Bertz CT molecular complexity index is 580. The standard InChI is InChI=1S/C27H46O2/c1-22(2)12-8-14-24(5)16-10-17-25(6)18-11-19-27(28)29-21-20-26(7)15-9-13-23(3)4/h12-13,16,18,20,27-28H,8-11,14-15,17,19,21H2,1-7H3/b24-16+,25-18+,26-20+. The van der Waals surface area contributed by atoms with Crippen LogP contribution in [0.1, 0.15) is 99.8 Å². The lowest BCUT2D eigenvalue weighted by Crippen LogP contribution is -2.11. The molecular weight excluding hydrogens is 356 g/mol. The average molecular weight is 403 g/mol. The molecule has 0 heterocycles. The summed E-state index contributed by atoms with van der Waals surface area (Å²) in [7, 11) is 0. The van der Waals surface area contributed by atoms with Crippen LogP contribution in [0.5, 0.6) is 0 Å². The first-order chi connectivity index (χ1) is 13.7. The van der Waals surface area contributed by atoms with E-state index in [-0.39, 0.29) is 0 Å². The fraction of sp³-hybridized carbons (Fsp3) is 0.630. The number of rotatable bonds is 15. The van der Waals surface area contributed by atoms with Crippen LogP contribution in [0.3, 0.4) is 0 Å². The zero-order chi connectivity index (χ0) is 22.1. The summed E-state index contributed by atoms with van der Waals surface area (Å²) in [6, 6.07) is 0. The minimum Gasteiger partial charge on any atom is -0.368 e. The Kier molecular flexibility index (Phi) is 16.6. The molecule has 0 spiro atoms. The van der Waals surface area contributed by atoms with Crippen molar-refractivity contribution in [2.24, 2.45) is 0 Å². The van der Waals surface area contributed by atoms with Crippen LogP contribution in [0.25, 0.3) is 0 Å². The molecule has 0 aliphatic heterocycles. The zero-order valence-electron chi connectivity index (χ0n) is 20.2. The minimum absolute atomic E-state index is 0.487. The van der Waals surface area contributed by atoms with Gasteiger partial charge in [0.05, 0.1) is 6.61 Å². The Morgan fingerprint density at radius 2 is 1.03 bits per heavy atom. The molecule has 0 radical (unpaired) electrons. The van der Waals surface area contributed by atoms with Crippen LogP contribution in [0.15, 0.2) is 58.2 Å². The molecular formula is C27H46O2. The van der Waals surface area contributed by atoms with Crippen LogP contribution in [0.2, 0.25) is 0 Å². The van der Waals surface area contributed by atoms with Crippen molar-refractivity contribution < 1.29 is 9.84 Å². The highest BCUT2D eigenvalue weighted by molar-refractivity contribution is 5.05. The summed E-state index contributed by atoms with van der Waals surface area (Å²) in [4.78, 5) is 0. The molecule has 2 heteroatoms. The topological polar surface area (TPSA) is 29.5 Å². The van der Waals surface area contributed by atoms with Gasteiger partial charge in [-0.3, -0.25) is 0 Å². The largest absolute Gasteiger partial charge is 0.368 e. The van der Waals surface area contributed by atoms with E-state index in [0.29, 0.717) is 13.0 Å². The molecule has 166 valence electrons. The van der Waals surface area contributed by atoms with Crippen molar-refractivity contribution in [2.45, 2.75) is 106 Å². The molecule has 1 N–H and O–H groups in total. The van der Waals surface area contributed by atoms with Gasteiger partial charge in [-0.1, -0.05) is 58.2 Å². The van der Waals surface area contributed by atoms with E-state index < -0.39 is 6.29 Å². The highest BCUT2D eigenvalue weighted by atomic mass is 16.6. The molecule has 0 fully saturated rings. The Morgan fingerprint density at radius 1 is 0.621 bits per heavy atom. The Hall–Kier alpha value is -1.38. The summed E-state index contributed by atoms with van der Waals surface area (Å²) in [5.41, 5.74) is 6.94. The fourth-order valence-electron chi connectivity index (χ4n) is 2.89. The molecule has 29 heavy (non-hydrogen) atoms. The van der Waals surface area contributed by atoms with Gasteiger partial charge in [0.15, 0.2) is 6.29 Å². The van der Waals surface area contributed by atoms with Gasteiger partial charge >= 0.3 is 0 Å². The lowest BCUT2D eigenvalue weighted by atomic mass is 10.1. The molecule has 0 rings (SSSR count). The van der Waals surface area contributed by atoms with Crippen molar-refractivity contribution in [2.75, 3.05) is 6.61 Å². The van der Waals surface area contributed by atoms with Crippen molar-refractivity contribution in [1.82, 2.24) is 0 Å². The number of ether oxygens (including phenoxy) is 1. The second-order valence-electron chi connectivity index (χ2n) is 8.70. The van der Waals surface area contributed by atoms with Gasteiger partial charge in [-0.25, -0.2) is 0 Å². The SMILES string of the molecule is CC(C)=CCC/C(C)=C/CC/C(C)=C/CCC(O)OC/C=C(\C)CCC=C(C)C. The van der Waals surface area contributed by atoms with Crippen molar-refractivity contribution in [3.05, 3.63) is 58.2 Å². The first-order valence-electron chi connectivity index (χ1n) is 11.2. The molecule has 0 amide bonds. The van der Waals surface area contributed by atoms with E-state index in [0.717, 1.165) is 44.9 Å². The molecule has 0 aromatic carbocycles. The summed E-state index contributed by atoms with van der Waals surface area (Å²) in [6.45, 7) is 15.6. The average Bonchev–Trinajstić information content (AvgIpc) is 2.61. The summed E-state index contributed by atoms with van der Waals surface area (Å²) < 4.78 is 5.51. The first-order valence-corrected chi connectivity index (χ1v) is 11.2. The second kappa shape index (κ2) is 17.5. The van der Waals surface area contributed by atoms with Crippen molar-refractivity contribution >= 4 is 0 Å². The van der Waals surface area contributed by atoms with E-state index in [9.17, 15) is 5.11 Å². The molecule has 0 aromatic heterocycles. The molecule has 0 saturated carbocycles. The summed E-state index contributed by atoms with van der Waals surface area (Å²) in [6.07, 6.45) is 18.7. The van der Waals surface area contributed by atoms with Gasteiger partial charge in [-0.05, 0) is 93.4 Å². The number of aliphatic hydroxyl groups is 1. The third-order valence-corrected chi connectivity index (χ3v) is 4.84. The summed E-state index contributed by atoms with van der Waals surface area (Å²) in [5, 5.41) is 9.99. The highest BCUT2D eigenvalue weighted by Gasteiger charge is 2.02. The monoisotopic (exact) mass is 402 g/mol. The molecule has 0 aliphatic carbocycles. The molecule has 0 bridgehead atoms. The van der Waals surface area contributed by atoms with Crippen LogP contribution < -0.4 is 0 Å². The van der Waals surface area contributed by atoms with Crippen molar-refractivity contribution in [3.8, 4) is 0 Å². The van der Waals surface area contributed by atoms with Gasteiger partial charge in [-0.2, -0.15) is 0 Å². The van der Waals surface area contributed by atoms with Gasteiger partial charge in [-0.15, -0.1) is 0 Å². The minimum atomic E-state index is -0.682. The molecule has 1 atom stereocenters. The third kappa shape index (κ3) is 19.7. The molecule has 0 aromatic rings. The molecule has 0 aliphatic rings. The number of hydrogen-bond donors (Lipinski definition) is 1. The maximum atomic E-state index is 9.99. The second-order valence-corrected chi connectivity index (χ2v) is 8.70. The fourth-order valence-corrected chi connectivity index (χ4v) is 2.89. The smallest absolute Gasteiger partial charge is 0.155 e. The zero-order valence-corrected chi connectivity index (χ0v) is 20.2. The van der Waals surface area contributed by atoms with Crippen LogP contribution in [0.4, 0.5) is 0 Å². The van der Waals surface area contributed by atoms with Gasteiger partial charge < -0.3 is 9.84 Å². The predicted octanol–water partition coefficient (Wildman–Crippen LogP) is 8.21. The molecule has 2 nitrogen and oxygen atoms in total. The number of hydrogen-bond acceptors (Lipinski definition) is 2. The highest BCUT2D eigenvalue weighted by Crippen LogP contribution is 2.13. The summed E-state index contributed by atoms with van der Waals surface area (Å²) in [5.74, 6) is 0. The van der Waals surface area contributed by atoms with Crippen molar-refractivity contribution in [1.29, 1.82) is 0 Å². The van der Waals surface area contributed by atoms with Crippen LogP contribution >= 0.6 is 0 Å². The van der Waals surface area contributed by atoms with E-state index in [1.807, 2.05) is 0 Å². The van der Waals surface area contributed by atoms with Crippen LogP contribution in [0, 0.1) is 0 Å². The van der Waals surface area contributed by atoms with Gasteiger partial charge in [0.2, 0.25) is 0 Å². The van der Waals surface area contributed by atoms with Crippen LogP contribution in [-0.4, -0.2) is 18.0 Å². The molecule has 0 saturated heterocycles. The van der Waals surface area contributed by atoms with Gasteiger partial charge in [0.1, 0.15) is 0 Å². The number of allylic oxidation sites excluding steroid dienone is 9. The van der Waals surface area contributed by atoms with Gasteiger partial charge in [0.25, 0.3) is 0 Å². The lowest BCUT2D eigenvalue weighted by Gasteiger charge is -2.10. The van der Waals surface area contributed by atoms with Crippen LogP contribution in [-0.2, 0) is 4.74 Å². The van der Waals surface area contributed by atoms with E-state index >= 15 is 0 Å². The maximum absolute atomic E-state index is 9.99. The van der Waals surface area contributed by atoms with E-state index in [4.69, 9.17) is 4.74 Å². The Balaban J connectivity index is 3.97. The first kappa shape index (κ1) is 27.6. The Labute approximate surface area is 181 Å². The van der Waals surface area contributed by atoms with E-state index in [1.165, 1.54) is 27.9 Å². The maximum Gasteiger partial charge on any atom is 0.155 e. The summed E-state index contributed by atoms with van der Waals surface area (Å²) >= 11 is 0. The normalized spacial score (nSPS) is 14.0. The predicted molar refractivity (Wildman–Crippen MR) is 129 cm³/mol. The van der Waals surface area contributed by atoms with E-state index in [2.05, 4.69) is 78.8 Å².